The first-order chi connectivity index (χ1) is 8.43. The summed E-state index contributed by atoms with van der Waals surface area (Å²) in [7, 11) is 1.37. The van der Waals surface area contributed by atoms with Crippen molar-refractivity contribution in [2.24, 2.45) is 11.7 Å². The van der Waals surface area contributed by atoms with E-state index in [1.54, 1.807) is 0 Å². The van der Waals surface area contributed by atoms with Crippen LogP contribution in [0.2, 0.25) is 0 Å². The van der Waals surface area contributed by atoms with E-state index in [9.17, 15) is 13.2 Å². The zero-order chi connectivity index (χ0) is 13.3. The average Bonchev–Trinajstić information content (AvgIpc) is 2.24. The fraction of sp³-hybridized carbons (Fsp3) is 0.538. The summed E-state index contributed by atoms with van der Waals surface area (Å²) in [5.41, 5.74) is 6.03. The van der Waals surface area contributed by atoms with Gasteiger partial charge >= 0.3 is 6.18 Å². The zero-order valence-electron chi connectivity index (χ0n) is 10.5. The maximum absolute atomic E-state index is 12.6. The summed E-state index contributed by atoms with van der Waals surface area (Å²) in [5, 5.41) is 0. The molecule has 0 aromatic heterocycles. The van der Waals surface area contributed by atoms with Gasteiger partial charge in [-0.05, 0) is 30.9 Å². The number of nitrogens with two attached hydrogens (primary N) is 1. The lowest BCUT2D eigenvalue weighted by atomic mass is 9.77. The lowest BCUT2D eigenvalue weighted by molar-refractivity contribution is -0.137. The Morgan fingerprint density at radius 1 is 1.32 bits per heavy atom. The van der Waals surface area contributed by atoms with Gasteiger partial charge in [0.05, 0.1) is 12.7 Å². The largest absolute Gasteiger partial charge is 0.496 e. The molecule has 0 radical (unpaired) electrons. The van der Waals surface area contributed by atoms with Gasteiger partial charge in [0, 0.05) is 11.6 Å². The van der Waals surface area contributed by atoms with E-state index in [0.717, 1.165) is 31.4 Å². The molecule has 0 bridgehead atoms. The number of ether oxygens (including phenoxy) is 1. The molecule has 0 heterocycles. The maximum Gasteiger partial charge on any atom is 0.416 e. The molecule has 1 atom stereocenters. The van der Waals surface area contributed by atoms with Crippen LogP contribution in [-0.2, 0) is 6.18 Å². The SMILES string of the molecule is COc1cc(C(F)(F)F)ccc1[C@@H](N)C1CCC1.Cl. The number of methoxy groups -OCH3 is 1. The molecule has 0 spiro atoms. The Morgan fingerprint density at radius 3 is 2.37 bits per heavy atom. The molecule has 0 amide bonds. The summed E-state index contributed by atoms with van der Waals surface area (Å²) in [4.78, 5) is 0. The summed E-state index contributed by atoms with van der Waals surface area (Å²) in [6.07, 6.45) is -1.15. The second-order valence-electron chi connectivity index (χ2n) is 4.67. The highest BCUT2D eigenvalue weighted by Crippen LogP contribution is 2.41. The van der Waals surface area contributed by atoms with Crippen molar-refractivity contribution in [3.8, 4) is 5.75 Å². The van der Waals surface area contributed by atoms with Crippen molar-refractivity contribution >= 4 is 12.4 Å². The van der Waals surface area contributed by atoms with E-state index in [4.69, 9.17) is 10.5 Å². The molecular weight excluding hydrogens is 279 g/mol. The Labute approximate surface area is 116 Å². The van der Waals surface area contributed by atoms with Crippen molar-refractivity contribution in [3.63, 3.8) is 0 Å². The molecule has 2 rings (SSSR count). The smallest absolute Gasteiger partial charge is 0.416 e. The van der Waals surface area contributed by atoms with Crippen LogP contribution in [0.4, 0.5) is 13.2 Å². The molecule has 108 valence electrons. The van der Waals surface area contributed by atoms with Gasteiger partial charge in [-0.1, -0.05) is 12.5 Å². The minimum absolute atomic E-state index is 0. The van der Waals surface area contributed by atoms with Gasteiger partial charge in [0.1, 0.15) is 5.75 Å². The Kier molecular flexibility index (Phi) is 5.10. The van der Waals surface area contributed by atoms with Gasteiger partial charge in [-0.2, -0.15) is 13.2 Å². The van der Waals surface area contributed by atoms with Crippen LogP contribution >= 0.6 is 12.4 Å². The number of hydrogen-bond acceptors (Lipinski definition) is 2. The molecule has 1 fully saturated rings. The highest BCUT2D eigenvalue weighted by atomic mass is 35.5. The molecule has 2 nitrogen and oxygen atoms in total. The molecule has 1 aromatic carbocycles. The lowest BCUT2D eigenvalue weighted by Gasteiger charge is -2.32. The number of alkyl halides is 3. The van der Waals surface area contributed by atoms with E-state index < -0.39 is 11.7 Å². The van der Waals surface area contributed by atoms with E-state index >= 15 is 0 Å². The van der Waals surface area contributed by atoms with E-state index in [0.29, 0.717) is 11.5 Å². The van der Waals surface area contributed by atoms with Crippen LogP contribution in [0, 0.1) is 5.92 Å². The first-order valence-electron chi connectivity index (χ1n) is 5.94. The van der Waals surface area contributed by atoms with Gasteiger partial charge in [0.2, 0.25) is 0 Å². The van der Waals surface area contributed by atoms with E-state index in [1.165, 1.54) is 13.2 Å². The van der Waals surface area contributed by atoms with Crippen LogP contribution in [0.3, 0.4) is 0 Å². The molecule has 6 heteroatoms. The Hall–Kier alpha value is -0.940. The highest BCUT2D eigenvalue weighted by Gasteiger charge is 2.33. The third-order valence-electron chi connectivity index (χ3n) is 3.58. The van der Waals surface area contributed by atoms with Crippen LogP contribution in [-0.4, -0.2) is 7.11 Å². The van der Waals surface area contributed by atoms with Crippen LogP contribution < -0.4 is 10.5 Å². The Morgan fingerprint density at radius 2 is 1.95 bits per heavy atom. The minimum Gasteiger partial charge on any atom is -0.496 e. The minimum atomic E-state index is -4.35. The van der Waals surface area contributed by atoms with E-state index in [-0.39, 0.29) is 24.2 Å². The van der Waals surface area contributed by atoms with Crippen LogP contribution in [0.1, 0.15) is 36.4 Å². The third-order valence-corrected chi connectivity index (χ3v) is 3.58. The van der Waals surface area contributed by atoms with Crippen LogP contribution in [0.5, 0.6) is 5.75 Å². The molecule has 0 saturated heterocycles. The first-order valence-corrected chi connectivity index (χ1v) is 5.94. The first kappa shape index (κ1) is 16.1. The number of hydrogen-bond donors (Lipinski definition) is 1. The number of halogens is 4. The molecule has 0 unspecified atom stereocenters. The normalized spacial score (nSPS) is 17.3. The monoisotopic (exact) mass is 295 g/mol. The van der Waals surface area contributed by atoms with Gasteiger partial charge in [-0.25, -0.2) is 0 Å². The predicted octanol–water partition coefficient (Wildman–Crippen LogP) is 3.94. The molecule has 1 aliphatic carbocycles. The van der Waals surface area contributed by atoms with E-state index in [1.807, 2.05) is 0 Å². The molecule has 1 aromatic rings. The average molecular weight is 296 g/mol. The van der Waals surface area contributed by atoms with Crippen LogP contribution in [0.15, 0.2) is 18.2 Å². The van der Waals surface area contributed by atoms with Crippen LogP contribution in [0.25, 0.3) is 0 Å². The summed E-state index contributed by atoms with van der Waals surface area (Å²) < 4.78 is 42.8. The number of rotatable bonds is 3. The number of benzene rings is 1. The zero-order valence-corrected chi connectivity index (χ0v) is 11.4. The van der Waals surface area contributed by atoms with Gasteiger partial charge in [0.15, 0.2) is 0 Å². The van der Waals surface area contributed by atoms with E-state index in [2.05, 4.69) is 0 Å². The van der Waals surface area contributed by atoms with Crippen molar-refractivity contribution in [2.45, 2.75) is 31.5 Å². The maximum atomic E-state index is 12.6. The second-order valence-corrected chi connectivity index (χ2v) is 4.67. The summed E-state index contributed by atoms with van der Waals surface area (Å²) >= 11 is 0. The van der Waals surface area contributed by atoms with Crippen molar-refractivity contribution in [3.05, 3.63) is 29.3 Å². The molecule has 0 aliphatic heterocycles. The second kappa shape index (κ2) is 6.01. The Balaban J connectivity index is 0.00000180. The molecule has 1 saturated carbocycles. The summed E-state index contributed by atoms with van der Waals surface area (Å²) in [6.45, 7) is 0. The van der Waals surface area contributed by atoms with Gasteiger partial charge < -0.3 is 10.5 Å². The molecular formula is C13H17ClF3NO. The van der Waals surface area contributed by atoms with Crippen molar-refractivity contribution in [1.29, 1.82) is 0 Å². The predicted molar refractivity (Wildman–Crippen MR) is 69.5 cm³/mol. The van der Waals surface area contributed by atoms with Crippen molar-refractivity contribution in [2.75, 3.05) is 7.11 Å². The fourth-order valence-corrected chi connectivity index (χ4v) is 2.22. The quantitative estimate of drug-likeness (QED) is 0.917. The van der Waals surface area contributed by atoms with Crippen molar-refractivity contribution in [1.82, 2.24) is 0 Å². The topological polar surface area (TPSA) is 35.2 Å². The van der Waals surface area contributed by atoms with Crippen molar-refractivity contribution < 1.29 is 17.9 Å². The van der Waals surface area contributed by atoms with Gasteiger partial charge in [-0.3, -0.25) is 0 Å². The van der Waals surface area contributed by atoms with Gasteiger partial charge in [-0.15, -0.1) is 12.4 Å². The fourth-order valence-electron chi connectivity index (χ4n) is 2.22. The Bertz CT molecular complexity index is 432. The standard InChI is InChI=1S/C13H16F3NO.ClH/c1-18-11-7-9(13(14,15)16)5-6-10(11)12(17)8-3-2-4-8;/h5-8,12H,2-4,17H2,1H3;1H/t12-;/m0./s1. The lowest BCUT2D eigenvalue weighted by Crippen LogP contribution is -2.27. The highest BCUT2D eigenvalue weighted by molar-refractivity contribution is 5.85. The van der Waals surface area contributed by atoms with Gasteiger partial charge in [0.25, 0.3) is 0 Å². The third kappa shape index (κ3) is 3.34. The summed E-state index contributed by atoms with van der Waals surface area (Å²) in [5.74, 6) is 0.583. The molecule has 2 N–H and O–H groups in total. The molecule has 19 heavy (non-hydrogen) atoms. The molecule has 1 aliphatic rings. The summed E-state index contributed by atoms with van der Waals surface area (Å²) in [6, 6.07) is 3.28.